The molecule has 33 heavy (non-hydrogen) atoms. The molecule has 0 saturated heterocycles. The molecule has 1 atom stereocenters. The SMILES string of the molecule is c1ccc(-p2c3ccccc3n3c4ccccc4c4ccc5c6ccccc6n2c5c43)cc1. The predicted molar refractivity (Wildman–Crippen MR) is 142 cm³/mol. The number of hydrogen-bond acceptors (Lipinski definition) is 0. The lowest BCUT2D eigenvalue weighted by atomic mass is 10.1. The Bertz CT molecular complexity index is 2020. The highest BCUT2D eigenvalue weighted by Crippen LogP contribution is 2.51. The van der Waals surface area contributed by atoms with Gasteiger partial charge < -0.3 is 4.40 Å². The molecule has 0 aliphatic rings. The van der Waals surface area contributed by atoms with Crippen molar-refractivity contribution in [2.45, 2.75) is 0 Å². The van der Waals surface area contributed by atoms with Gasteiger partial charge in [0.05, 0.1) is 27.6 Å². The Kier molecular flexibility index (Phi) is 3.34. The molecule has 0 N–H and O–H groups in total. The van der Waals surface area contributed by atoms with Crippen LogP contribution >= 0.6 is 7.69 Å². The van der Waals surface area contributed by atoms with Crippen molar-refractivity contribution in [1.82, 2.24) is 8.56 Å². The summed E-state index contributed by atoms with van der Waals surface area (Å²) in [7, 11) is -0.797. The van der Waals surface area contributed by atoms with Crippen molar-refractivity contribution in [2.75, 3.05) is 0 Å². The lowest BCUT2D eigenvalue weighted by Crippen LogP contribution is -1.84. The molecular formula is C30H19N2P. The Balaban J connectivity index is 1.87. The van der Waals surface area contributed by atoms with Crippen molar-refractivity contribution in [3.05, 3.63) is 115 Å². The number of benzene rings is 5. The summed E-state index contributed by atoms with van der Waals surface area (Å²) in [5.41, 5.74) is 6.53. The highest BCUT2D eigenvalue weighted by molar-refractivity contribution is 7.59. The van der Waals surface area contributed by atoms with Crippen LogP contribution in [0.2, 0.25) is 0 Å². The van der Waals surface area contributed by atoms with Gasteiger partial charge in [-0.2, -0.15) is 0 Å². The molecule has 0 spiro atoms. The van der Waals surface area contributed by atoms with E-state index in [2.05, 4.69) is 124 Å². The summed E-state index contributed by atoms with van der Waals surface area (Å²) < 4.78 is 5.17. The zero-order valence-corrected chi connectivity index (χ0v) is 18.7. The molecule has 3 heterocycles. The Hall–Kier alpha value is -4.00. The van der Waals surface area contributed by atoms with Crippen LogP contribution in [0.3, 0.4) is 0 Å². The monoisotopic (exact) mass is 438 g/mol. The van der Waals surface area contributed by atoms with Crippen LogP contribution in [0.1, 0.15) is 0 Å². The third-order valence-corrected chi connectivity index (χ3v) is 9.43. The lowest BCUT2D eigenvalue weighted by Gasteiger charge is -2.09. The van der Waals surface area contributed by atoms with Gasteiger partial charge in [0.25, 0.3) is 0 Å². The molecule has 0 aliphatic heterocycles. The molecular weight excluding hydrogens is 419 g/mol. The third kappa shape index (κ3) is 2.14. The highest BCUT2D eigenvalue weighted by atomic mass is 31.1. The normalized spacial score (nSPS) is 12.8. The fourth-order valence-corrected chi connectivity index (χ4v) is 8.29. The summed E-state index contributed by atoms with van der Waals surface area (Å²) in [5, 5.41) is 8.05. The minimum absolute atomic E-state index is 0.797. The molecule has 0 bridgehead atoms. The van der Waals surface area contributed by atoms with Crippen LogP contribution in [0.15, 0.2) is 115 Å². The van der Waals surface area contributed by atoms with E-state index >= 15 is 0 Å². The zero-order chi connectivity index (χ0) is 21.5. The van der Waals surface area contributed by atoms with E-state index in [0.717, 1.165) is 0 Å². The number of fused-ring (bicyclic) bond motifs is 8. The van der Waals surface area contributed by atoms with Crippen molar-refractivity contribution in [3.8, 4) is 5.30 Å². The van der Waals surface area contributed by atoms with Crippen molar-refractivity contribution in [2.24, 2.45) is 0 Å². The Morgan fingerprint density at radius 3 is 1.79 bits per heavy atom. The molecule has 3 heteroatoms. The standard InChI is InChI=1S/C30H19N2P/c1-2-10-20(11-3-1)33-28-17-9-8-16-27(28)31-25-14-6-4-12-21(25)23-18-19-24-22-13-5-7-15-26(22)32(33)30(24)29(23)31/h1-19H. The Morgan fingerprint density at radius 1 is 0.424 bits per heavy atom. The highest BCUT2D eigenvalue weighted by Gasteiger charge is 2.21. The van der Waals surface area contributed by atoms with Gasteiger partial charge in [-0.05, 0) is 44.1 Å². The van der Waals surface area contributed by atoms with E-state index in [1.165, 1.54) is 59.6 Å². The molecule has 2 nitrogen and oxygen atoms in total. The minimum atomic E-state index is -0.797. The third-order valence-electron chi connectivity index (χ3n) is 7.00. The summed E-state index contributed by atoms with van der Waals surface area (Å²) in [4.78, 5) is 0. The molecule has 3 aromatic heterocycles. The van der Waals surface area contributed by atoms with E-state index in [1.54, 1.807) is 0 Å². The van der Waals surface area contributed by atoms with Gasteiger partial charge in [-0.25, -0.2) is 0 Å². The van der Waals surface area contributed by atoms with Gasteiger partial charge in [0.1, 0.15) is 0 Å². The van der Waals surface area contributed by atoms with Crippen LogP contribution < -0.4 is 0 Å². The van der Waals surface area contributed by atoms with Crippen LogP contribution in [-0.2, 0) is 0 Å². The smallest absolute Gasteiger partial charge is 0.0820 e. The summed E-state index contributed by atoms with van der Waals surface area (Å²) in [6.45, 7) is 0. The van der Waals surface area contributed by atoms with Crippen LogP contribution in [-0.4, -0.2) is 8.56 Å². The summed E-state index contributed by atoms with van der Waals surface area (Å²) in [6.07, 6.45) is 0. The summed E-state index contributed by atoms with van der Waals surface area (Å²) in [6, 6.07) is 42.5. The maximum absolute atomic E-state index is 2.65. The van der Waals surface area contributed by atoms with E-state index in [9.17, 15) is 0 Å². The molecule has 0 saturated carbocycles. The largest absolute Gasteiger partial charge is 0.306 e. The van der Waals surface area contributed by atoms with Gasteiger partial charge in [0.2, 0.25) is 0 Å². The van der Waals surface area contributed by atoms with Gasteiger partial charge in [-0.3, -0.25) is 4.16 Å². The van der Waals surface area contributed by atoms with Gasteiger partial charge in [-0.1, -0.05) is 78.9 Å². The fraction of sp³-hybridized carbons (Fsp3) is 0. The second-order valence-electron chi connectivity index (χ2n) is 8.68. The number of nitrogens with zero attached hydrogens (tertiary/aromatic N) is 2. The Labute approximate surface area is 191 Å². The van der Waals surface area contributed by atoms with Gasteiger partial charge in [-0.15, -0.1) is 0 Å². The van der Waals surface area contributed by atoms with Crippen molar-refractivity contribution < 1.29 is 0 Å². The average Bonchev–Trinajstić information content (AvgIpc) is 3.34. The number of para-hydroxylation sites is 3. The topological polar surface area (TPSA) is 8.82 Å². The first-order valence-corrected chi connectivity index (χ1v) is 12.6. The minimum Gasteiger partial charge on any atom is -0.306 e. The maximum Gasteiger partial charge on any atom is 0.0820 e. The van der Waals surface area contributed by atoms with Crippen LogP contribution in [0, 0.1) is 0 Å². The van der Waals surface area contributed by atoms with Gasteiger partial charge >= 0.3 is 0 Å². The second-order valence-corrected chi connectivity index (χ2v) is 10.7. The molecule has 8 rings (SSSR count). The van der Waals surface area contributed by atoms with E-state index in [0.29, 0.717) is 0 Å². The number of hydrogen-bond donors (Lipinski definition) is 0. The van der Waals surface area contributed by atoms with Gasteiger partial charge in [0.15, 0.2) is 0 Å². The number of rotatable bonds is 1. The second kappa shape index (κ2) is 6.28. The maximum atomic E-state index is 2.65. The molecule has 5 aromatic carbocycles. The summed E-state index contributed by atoms with van der Waals surface area (Å²) in [5.74, 6) is 0. The van der Waals surface area contributed by atoms with Crippen LogP contribution in [0.25, 0.3) is 59.6 Å². The summed E-state index contributed by atoms with van der Waals surface area (Å²) >= 11 is 0. The van der Waals surface area contributed by atoms with E-state index < -0.39 is 7.69 Å². The quantitative estimate of drug-likeness (QED) is 0.242. The lowest BCUT2D eigenvalue weighted by molar-refractivity contribution is 1.35. The van der Waals surface area contributed by atoms with Crippen molar-refractivity contribution in [3.63, 3.8) is 0 Å². The number of aromatic nitrogens is 2. The molecule has 8 aromatic rings. The average molecular weight is 438 g/mol. The first-order valence-electron chi connectivity index (χ1n) is 11.3. The van der Waals surface area contributed by atoms with E-state index in [-0.39, 0.29) is 0 Å². The van der Waals surface area contributed by atoms with Crippen molar-refractivity contribution >= 4 is 61.9 Å². The molecule has 0 amide bonds. The molecule has 154 valence electrons. The van der Waals surface area contributed by atoms with Crippen LogP contribution in [0.5, 0.6) is 0 Å². The van der Waals surface area contributed by atoms with E-state index in [4.69, 9.17) is 0 Å². The Morgan fingerprint density at radius 2 is 1.00 bits per heavy atom. The molecule has 1 unspecified atom stereocenters. The fourth-order valence-electron chi connectivity index (χ4n) is 5.70. The predicted octanol–water partition coefficient (Wildman–Crippen LogP) is 8.78. The first-order chi connectivity index (χ1) is 16.4. The molecule has 0 fully saturated rings. The van der Waals surface area contributed by atoms with Crippen LogP contribution in [0.4, 0.5) is 0 Å². The van der Waals surface area contributed by atoms with Gasteiger partial charge in [0, 0.05) is 32.0 Å². The molecule has 0 aliphatic carbocycles. The first kappa shape index (κ1) is 17.5. The van der Waals surface area contributed by atoms with Crippen molar-refractivity contribution in [1.29, 1.82) is 0 Å². The molecule has 0 radical (unpaired) electrons. The zero-order valence-electron chi connectivity index (χ0n) is 17.8. The van der Waals surface area contributed by atoms with E-state index in [1.807, 2.05) is 0 Å².